The second-order valence-electron chi connectivity index (χ2n) is 4.24. The molecule has 1 atom stereocenters. The van der Waals surface area contributed by atoms with Crippen molar-refractivity contribution in [1.82, 2.24) is 5.32 Å². The van der Waals surface area contributed by atoms with E-state index in [1.165, 1.54) is 6.92 Å². The standard InChI is InChI=1S/C13H14BrClN2O4/c1-7(18)21-6-12(19)17-11(13(16)20)5-8-4-9(15)2-3-10(8)14/h2-4,11H,5-6H2,1H3,(H2,16,20)(H,17,19)/t11-/m0/s1. The van der Waals surface area contributed by atoms with Crippen LogP contribution in [0.15, 0.2) is 22.7 Å². The monoisotopic (exact) mass is 376 g/mol. The van der Waals surface area contributed by atoms with Gasteiger partial charge in [-0.15, -0.1) is 0 Å². The molecule has 0 saturated carbocycles. The molecule has 0 aliphatic heterocycles. The first-order chi connectivity index (χ1) is 9.79. The Hall–Kier alpha value is -1.60. The maximum atomic E-state index is 11.6. The number of rotatable bonds is 6. The number of primary amides is 1. The summed E-state index contributed by atoms with van der Waals surface area (Å²) in [7, 11) is 0. The van der Waals surface area contributed by atoms with Crippen LogP contribution in [-0.2, 0) is 25.5 Å². The lowest BCUT2D eigenvalue weighted by molar-refractivity contribution is -0.146. The van der Waals surface area contributed by atoms with E-state index in [0.29, 0.717) is 5.02 Å². The van der Waals surface area contributed by atoms with E-state index in [0.717, 1.165) is 10.0 Å². The average Bonchev–Trinajstić information content (AvgIpc) is 2.39. The zero-order valence-electron chi connectivity index (χ0n) is 11.2. The number of nitrogens with two attached hydrogens (primary N) is 1. The number of ether oxygens (including phenoxy) is 1. The molecule has 0 bridgehead atoms. The van der Waals surface area contributed by atoms with Crippen LogP contribution in [0.5, 0.6) is 0 Å². The van der Waals surface area contributed by atoms with E-state index in [-0.39, 0.29) is 6.42 Å². The van der Waals surface area contributed by atoms with Crippen molar-refractivity contribution >= 4 is 45.3 Å². The van der Waals surface area contributed by atoms with E-state index in [9.17, 15) is 14.4 Å². The molecule has 0 spiro atoms. The normalized spacial score (nSPS) is 11.6. The molecule has 1 aromatic carbocycles. The predicted molar refractivity (Wildman–Crippen MR) is 80.6 cm³/mol. The number of carbonyl (C=O) groups is 3. The zero-order valence-corrected chi connectivity index (χ0v) is 13.5. The highest BCUT2D eigenvalue weighted by atomic mass is 79.9. The number of benzene rings is 1. The lowest BCUT2D eigenvalue weighted by Crippen LogP contribution is -2.47. The molecule has 0 saturated heterocycles. The molecule has 0 heterocycles. The van der Waals surface area contributed by atoms with Gasteiger partial charge >= 0.3 is 5.97 Å². The molecule has 2 amide bonds. The summed E-state index contributed by atoms with van der Waals surface area (Å²) >= 11 is 9.22. The van der Waals surface area contributed by atoms with E-state index in [1.54, 1.807) is 18.2 Å². The number of nitrogens with one attached hydrogen (secondary N) is 1. The number of hydrogen-bond donors (Lipinski definition) is 2. The Morgan fingerprint density at radius 3 is 2.67 bits per heavy atom. The molecular formula is C13H14BrClN2O4. The summed E-state index contributed by atoms with van der Waals surface area (Å²) in [6.07, 6.45) is 0.169. The molecule has 0 unspecified atom stereocenters. The minimum absolute atomic E-state index is 0.169. The Morgan fingerprint density at radius 1 is 1.43 bits per heavy atom. The maximum Gasteiger partial charge on any atom is 0.303 e. The van der Waals surface area contributed by atoms with Crippen LogP contribution in [0.2, 0.25) is 5.02 Å². The number of esters is 1. The largest absolute Gasteiger partial charge is 0.456 e. The molecule has 0 fully saturated rings. The van der Waals surface area contributed by atoms with Crippen LogP contribution in [0.25, 0.3) is 0 Å². The SMILES string of the molecule is CC(=O)OCC(=O)N[C@@H](Cc1cc(Cl)ccc1Br)C(N)=O. The average molecular weight is 378 g/mol. The molecule has 3 N–H and O–H groups in total. The quantitative estimate of drug-likeness (QED) is 0.727. The molecule has 8 heteroatoms. The summed E-state index contributed by atoms with van der Waals surface area (Å²) < 4.78 is 5.29. The van der Waals surface area contributed by atoms with Crippen molar-refractivity contribution in [3.8, 4) is 0 Å². The Balaban J connectivity index is 2.74. The van der Waals surface area contributed by atoms with Gasteiger partial charge in [0.1, 0.15) is 6.04 Å². The van der Waals surface area contributed by atoms with E-state index in [1.807, 2.05) is 0 Å². The summed E-state index contributed by atoms with van der Waals surface area (Å²) in [5.74, 6) is -1.89. The molecule has 21 heavy (non-hydrogen) atoms. The van der Waals surface area contributed by atoms with E-state index in [2.05, 4.69) is 26.0 Å². The van der Waals surface area contributed by atoms with Gasteiger partial charge in [0, 0.05) is 22.8 Å². The van der Waals surface area contributed by atoms with Crippen LogP contribution >= 0.6 is 27.5 Å². The van der Waals surface area contributed by atoms with Gasteiger partial charge in [0.2, 0.25) is 5.91 Å². The lowest BCUT2D eigenvalue weighted by atomic mass is 10.1. The summed E-state index contributed by atoms with van der Waals surface area (Å²) in [6, 6.07) is 4.16. The van der Waals surface area contributed by atoms with Gasteiger partial charge in [-0.05, 0) is 23.8 Å². The van der Waals surface area contributed by atoms with Gasteiger partial charge in [-0.3, -0.25) is 14.4 Å². The summed E-state index contributed by atoms with van der Waals surface area (Å²) in [4.78, 5) is 33.6. The van der Waals surface area contributed by atoms with Gasteiger partial charge in [-0.25, -0.2) is 0 Å². The second-order valence-corrected chi connectivity index (χ2v) is 5.53. The first-order valence-corrected chi connectivity index (χ1v) is 7.12. The molecule has 0 aromatic heterocycles. The molecule has 0 aliphatic rings. The van der Waals surface area contributed by atoms with E-state index < -0.39 is 30.4 Å². The van der Waals surface area contributed by atoms with Crippen molar-refractivity contribution < 1.29 is 19.1 Å². The summed E-state index contributed by atoms with van der Waals surface area (Å²) in [5.41, 5.74) is 5.99. The second kappa shape index (κ2) is 7.99. The minimum Gasteiger partial charge on any atom is -0.456 e. The molecular weight excluding hydrogens is 364 g/mol. The predicted octanol–water partition coefficient (Wildman–Crippen LogP) is 1.18. The Kier molecular flexibility index (Phi) is 6.64. The topological polar surface area (TPSA) is 98.5 Å². The Morgan fingerprint density at radius 2 is 2.10 bits per heavy atom. The van der Waals surface area contributed by atoms with Crippen molar-refractivity contribution in [1.29, 1.82) is 0 Å². The van der Waals surface area contributed by atoms with Crippen molar-refractivity contribution in [2.75, 3.05) is 6.61 Å². The molecule has 6 nitrogen and oxygen atoms in total. The molecule has 1 aromatic rings. The van der Waals surface area contributed by atoms with E-state index >= 15 is 0 Å². The third-order valence-corrected chi connectivity index (χ3v) is 3.53. The smallest absolute Gasteiger partial charge is 0.303 e. The van der Waals surface area contributed by atoms with Gasteiger partial charge in [-0.2, -0.15) is 0 Å². The molecule has 0 aliphatic carbocycles. The fourth-order valence-electron chi connectivity index (χ4n) is 1.55. The van der Waals surface area contributed by atoms with Crippen molar-refractivity contribution in [2.45, 2.75) is 19.4 Å². The number of halogens is 2. The van der Waals surface area contributed by atoms with Crippen molar-refractivity contribution in [3.63, 3.8) is 0 Å². The fraction of sp³-hybridized carbons (Fsp3) is 0.308. The summed E-state index contributed by atoms with van der Waals surface area (Å²) in [5, 5.41) is 2.91. The van der Waals surface area contributed by atoms with Crippen molar-refractivity contribution in [2.24, 2.45) is 5.73 Å². The van der Waals surface area contributed by atoms with Gasteiger partial charge in [0.15, 0.2) is 6.61 Å². The third kappa shape index (κ3) is 6.14. The van der Waals surface area contributed by atoms with Crippen LogP contribution in [0.3, 0.4) is 0 Å². The van der Waals surface area contributed by atoms with Crippen molar-refractivity contribution in [3.05, 3.63) is 33.3 Å². The maximum absolute atomic E-state index is 11.6. The van der Waals surface area contributed by atoms with Gasteiger partial charge in [0.25, 0.3) is 5.91 Å². The van der Waals surface area contributed by atoms with Crippen LogP contribution in [0.1, 0.15) is 12.5 Å². The zero-order chi connectivity index (χ0) is 16.0. The third-order valence-electron chi connectivity index (χ3n) is 2.52. The highest BCUT2D eigenvalue weighted by molar-refractivity contribution is 9.10. The molecule has 114 valence electrons. The van der Waals surface area contributed by atoms with Gasteiger partial charge < -0.3 is 15.8 Å². The van der Waals surface area contributed by atoms with Crippen LogP contribution in [-0.4, -0.2) is 30.4 Å². The van der Waals surface area contributed by atoms with E-state index in [4.69, 9.17) is 17.3 Å². The highest BCUT2D eigenvalue weighted by Gasteiger charge is 2.20. The number of hydrogen-bond acceptors (Lipinski definition) is 4. The van der Waals surface area contributed by atoms with Crippen LogP contribution in [0, 0.1) is 0 Å². The molecule has 1 rings (SSSR count). The lowest BCUT2D eigenvalue weighted by Gasteiger charge is -2.16. The van der Waals surface area contributed by atoms with Crippen LogP contribution < -0.4 is 11.1 Å². The first kappa shape index (κ1) is 17.5. The number of amides is 2. The van der Waals surface area contributed by atoms with Gasteiger partial charge in [-0.1, -0.05) is 27.5 Å². The first-order valence-electron chi connectivity index (χ1n) is 5.95. The fourth-order valence-corrected chi connectivity index (χ4v) is 2.15. The Bertz CT molecular complexity index is 565. The summed E-state index contributed by atoms with van der Waals surface area (Å²) in [6.45, 7) is 0.720. The highest BCUT2D eigenvalue weighted by Crippen LogP contribution is 2.22. The minimum atomic E-state index is -0.928. The molecule has 0 radical (unpaired) electrons. The van der Waals surface area contributed by atoms with Gasteiger partial charge in [0.05, 0.1) is 0 Å². The van der Waals surface area contributed by atoms with Crippen LogP contribution in [0.4, 0.5) is 0 Å². The Labute approximate surface area is 135 Å². The number of carbonyl (C=O) groups excluding carboxylic acids is 3.